The predicted molar refractivity (Wildman–Crippen MR) is 81.5 cm³/mol. The summed E-state index contributed by atoms with van der Waals surface area (Å²) in [7, 11) is 0. The summed E-state index contributed by atoms with van der Waals surface area (Å²) in [5.74, 6) is -0.514. The van der Waals surface area contributed by atoms with E-state index in [1.54, 1.807) is 32.0 Å². The number of amidine groups is 1. The van der Waals surface area contributed by atoms with Gasteiger partial charge >= 0.3 is 0 Å². The van der Waals surface area contributed by atoms with Crippen LogP contribution in [0, 0.1) is 5.41 Å². The second kappa shape index (κ2) is 6.81. The fraction of sp³-hybridized carbons (Fsp3) is 0.385. The van der Waals surface area contributed by atoms with Gasteiger partial charge in [0, 0.05) is 5.02 Å². The molecular formula is C13H17Cl2N3O2. The average molecular weight is 318 g/mol. The number of benzene rings is 1. The van der Waals surface area contributed by atoms with Gasteiger partial charge < -0.3 is 16.3 Å². The molecule has 0 unspecified atom stereocenters. The molecule has 0 aliphatic heterocycles. The summed E-state index contributed by atoms with van der Waals surface area (Å²) in [6.07, 6.45) is 0.785. The van der Waals surface area contributed by atoms with Gasteiger partial charge in [-0.25, -0.2) is 0 Å². The lowest BCUT2D eigenvalue weighted by Gasteiger charge is -2.28. The molecule has 110 valence electrons. The number of nitrogens with two attached hydrogens (primary N) is 1. The predicted octanol–water partition coefficient (Wildman–Crippen LogP) is 3.48. The molecule has 7 heteroatoms. The molecule has 4 N–H and O–H groups in total. The van der Waals surface area contributed by atoms with Crippen molar-refractivity contribution in [2.24, 2.45) is 16.3 Å². The number of nitrogens with one attached hydrogen (secondary N) is 1. The second-order valence-electron chi connectivity index (χ2n) is 4.35. The lowest BCUT2D eigenvalue weighted by Crippen LogP contribution is -2.46. The number of carbonyl (C=O) groups excluding carboxylic acids is 1. The average Bonchev–Trinajstić information content (AvgIpc) is 2.44. The van der Waals surface area contributed by atoms with Crippen molar-refractivity contribution in [2.45, 2.75) is 26.7 Å². The number of hydrogen-bond acceptors (Lipinski definition) is 3. The Kier molecular flexibility index (Phi) is 5.65. The number of halogens is 2. The first kappa shape index (κ1) is 16.6. The molecule has 0 atom stereocenters. The maximum absolute atomic E-state index is 12.5. The van der Waals surface area contributed by atoms with Crippen LogP contribution < -0.4 is 11.1 Å². The van der Waals surface area contributed by atoms with Gasteiger partial charge in [-0.15, -0.1) is 0 Å². The Morgan fingerprint density at radius 3 is 2.50 bits per heavy atom. The summed E-state index contributed by atoms with van der Waals surface area (Å²) in [6.45, 7) is 3.58. The monoisotopic (exact) mass is 317 g/mol. The molecule has 20 heavy (non-hydrogen) atoms. The Hall–Kier alpha value is -1.46. The number of oxime groups is 1. The molecule has 0 radical (unpaired) electrons. The van der Waals surface area contributed by atoms with E-state index < -0.39 is 5.41 Å². The highest BCUT2D eigenvalue weighted by Gasteiger charge is 2.40. The molecular weight excluding hydrogens is 301 g/mol. The number of amides is 1. The number of carbonyl (C=O) groups is 1. The van der Waals surface area contributed by atoms with Crippen molar-refractivity contribution in [1.29, 1.82) is 0 Å². The smallest absolute Gasteiger partial charge is 0.238 e. The number of anilines is 1. The van der Waals surface area contributed by atoms with Crippen molar-refractivity contribution >= 4 is 40.6 Å². The Balaban J connectivity index is 3.12. The minimum Gasteiger partial charge on any atom is -0.409 e. The maximum Gasteiger partial charge on any atom is 0.238 e. The topological polar surface area (TPSA) is 87.7 Å². The van der Waals surface area contributed by atoms with Crippen LogP contribution in [0.1, 0.15) is 26.7 Å². The third-order valence-electron chi connectivity index (χ3n) is 3.42. The molecule has 1 aromatic rings. The fourth-order valence-corrected chi connectivity index (χ4v) is 2.32. The molecule has 1 aromatic carbocycles. The first-order valence-corrected chi connectivity index (χ1v) is 6.91. The molecule has 0 aliphatic carbocycles. The van der Waals surface area contributed by atoms with Crippen LogP contribution in [0.15, 0.2) is 23.4 Å². The Labute approximate surface area is 127 Å². The van der Waals surface area contributed by atoms with E-state index in [1.165, 1.54) is 0 Å². The molecule has 1 rings (SSSR count). The van der Waals surface area contributed by atoms with Crippen LogP contribution in [-0.2, 0) is 4.79 Å². The zero-order chi connectivity index (χ0) is 15.3. The summed E-state index contributed by atoms with van der Waals surface area (Å²) >= 11 is 11.9. The highest BCUT2D eigenvalue weighted by Crippen LogP contribution is 2.31. The van der Waals surface area contributed by atoms with Gasteiger partial charge in [-0.1, -0.05) is 42.2 Å². The van der Waals surface area contributed by atoms with E-state index in [4.69, 9.17) is 34.1 Å². The molecule has 5 nitrogen and oxygen atoms in total. The Bertz CT molecular complexity index is 528. The van der Waals surface area contributed by atoms with Crippen LogP contribution >= 0.6 is 23.2 Å². The Morgan fingerprint density at radius 2 is 2.00 bits per heavy atom. The highest BCUT2D eigenvalue weighted by atomic mass is 35.5. The molecule has 0 aliphatic rings. The van der Waals surface area contributed by atoms with Crippen molar-refractivity contribution in [3.8, 4) is 0 Å². The molecule has 0 fully saturated rings. The van der Waals surface area contributed by atoms with Crippen molar-refractivity contribution in [3.63, 3.8) is 0 Å². The lowest BCUT2D eigenvalue weighted by atomic mass is 9.80. The van der Waals surface area contributed by atoms with E-state index in [1.807, 2.05) is 0 Å². The lowest BCUT2D eigenvalue weighted by molar-refractivity contribution is -0.122. The van der Waals surface area contributed by atoms with Gasteiger partial charge in [0.25, 0.3) is 0 Å². The molecule has 0 aromatic heterocycles. The van der Waals surface area contributed by atoms with E-state index in [9.17, 15) is 4.79 Å². The summed E-state index contributed by atoms with van der Waals surface area (Å²) in [4.78, 5) is 12.5. The van der Waals surface area contributed by atoms with Crippen molar-refractivity contribution < 1.29 is 10.0 Å². The standard InChI is InChI=1S/C13H17Cl2N3O2/c1-3-13(4-2,11(16)18-20)12(19)17-10-7-8(14)5-6-9(10)15/h5-7,20H,3-4H2,1-2H3,(H2,16,18)(H,17,19). The highest BCUT2D eigenvalue weighted by molar-refractivity contribution is 6.35. The van der Waals surface area contributed by atoms with Crippen LogP contribution in [0.3, 0.4) is 0 Å². The van der Waals surface area contributed by atoms with Crippen LogP contribution in [0.4, 0.5) is 5.69 Å². The van der Waals surface area contributed by atoms with E-state index in [0.29, 0.717) is 28.6 Å². The fourth-order valence-electron chi connectivity index (χ4n) is 1.98. The quantitative estimate of drug-likeness (QED) is 0.336. The molecule has 0 bridgehead atoms. The van der Waals surface area contributed by atoms with E-state index >= 15 is 0 Å². The number of nitrogens with zero attached hydrogens (tertiary/aromatic N) is 1. The van der Waals surface area contributed by atoms with Gasteiger partial charge in [-0.05, 0) is 31.0 Å². The van der Waals surface area contributed by atoms with Gasteiger partial charge in [-0.2, -0.15) is 0 Å². The van der Waals surface area contributed by atoms with Crippen LogP contribution in [-0.4, -0.2) is 17.0 Å². The summed E-state index contributed by atoms with van der Waals surface area (Å²) in [5.41, 5.74) is 4.98. The van der Waals surface area contributed by atoms with Gasteiger partial charge in [0.15, 0.2) is 5.84 Å². The first-order valence-electron chi connectivity index (χ1n) is 6.15. The largest absolute Gasteiger partial charge is 0.409 e. The van der Waals surface area contributed by atoms with E-state index in [2.05, 4.69) is 10.5 Å². The van der Waals surface area contributed by atoms with Gasteiger partial charge in [0.2, 0.25) is 5.91 Å². The van der Waals surface area contributed by atoms with Crippen LogP contribution in [0.5, 0.6) is 0 Å². The number of rotatable bonds is 5. The normalized spacial score (nSPS) is 12.3. The van der Waals surface area contributed by atoms with Gasteiger partial charge in [0.05, 0.1) is 10.7 Å². The zero-order valence-corrected chi connectivity index (χ0v) is 12.8. The zero-order valence-electron chi connectivity index (χ0n) is 11.3. The molecule has 1 amide bonds. The maximum atomic E-state index is 12.5. The Morgan fingerprint density at radius 1 is 1.40 bits per heavy atom. The summed E-state index contributed by atoms with van der Waals surface area (Å²) < 4.78 is 0. The molecule has 0 spiro atoms. The minimum absolute atomic E-state index is 0.127. The van der Waals surface area contributed by atoms with Crippen molar-refractivity contribution in [1.82, 2.24) is 0 Å². The minimum atomic E-state index is -1.08. The van der Waals surface area contributed by atoms with Crippen LogP contribution in [0.2, 0.25) is 10.0 Å². The van der Waals surface area contributed by atoms with Crippen LogP contribution in [0.25, 0.3) is 0 Å². The third kappa shape index (κ3) is 3.16. The van der Waals surface area contributed by atoms with E-state index in [0.717, 1.165) is 0 Å². The summed E-state index contributed by atoms with van der Waals surface area (Å²) in [6, 6.07) is 4.75. The third-order valence-corrected chi connectivity index (χ3v) is 3.98. The first-order chi connectivity index (χ1) is 9.41. The molecule has 0 saturated heterocycles. The van der Waals surface area contributed by atoms with Crippen molar-refractivity contribution in [2.75, 3.05) is 5.32 Å². The van der Waals surface area contributed by atoms with E-state index in [-0.39, 0.29) is 11.7 Å². The number of hydrogen-bond donors (Lipinski definition) is 3. The van der Waals surface area contributed by atoms with Crippen molar-refractivity contribution in [3.05, 3.63) is 28.2 Å². The molecule has 0 saturated carbocycles. The SMILES string of the molecule is CCC(CC)(C(=O)Nc1cc(Cl)ccc1Cl)C(N)=NO. The second-order valence-corrected chi connectivity index (χ2v) is 5.20. The summed E-state index contributed by atoms with van der Waals surface area (Å²) in [5, 5.41) is 15.4. The van der Waals surface area contributed by atoms with Gasteiger partial charge in [-0.3, -0.25) is 4.79 Å². The molecule has 0 heterocycles. The van der Waals surface area contributed by atoms with Gasteiger partial charge in [0.1, 0.15) is 5.41 Å².